The smallest absolute Gasteiger partial charge is 0.285 e. The largest absolute Gasteiger partial charge is 0.440 e. The molecule has 1 atom stereocenters. The van der Waals surface area contributed by atoms with Crippen molar-refractivity contribution in [2.24, 2.45) is 4.40 Å². The number of rotatable bonds is 3. The summed E-state index contributed by atoms with van der Waals surface area (Å²) in [5.41, 5.74) is 3.34. The highest BCUT2D eigenvalue weighted by atomic mass is 32.2. The van der Waals surface area contributed by atoms with Crippen LogP contribution in [-0.2, 0) is 10.0 Å². The van der Waals surface area contributed by atoms with Crippen LogP contribution in [0.4, 0.5) is 5.69 Å². The van der Waals surface area contributed by atoms with E-state index in [-0.39, 0.29) is 22.6 Å². The van der Waals surface area contributed by atoms with Crippen LogP contribution in [0.25, 0.3) is 11.1 Å². The molecule has 176 valence electrons. The van der Waals surface area contributed by atoms with Crippen molar-refractivity contribution in [3.8, 4) is 0 Å². The van der Waals surface area contributed by atoms with Gasteiger partial charge in [-0.1, -0.05) is 24.3 Å². The third-order valence-electron chi connectivity index (χ3n) is 6.39. The van der Waals surface area contributed by atoms with Gasteiger partial charge in [0, 0.05) is 29.9 Å². The Morgan fingerprint density at radius 2 is 1.77 bits per heavy atom. The van der Waals surface area contributed by atoms with E-state index in [1.807, 2.05) is 29.2 Å². The van der Waals surface area contributed by atoms with Crippen molar-refractivity contribution in [2.75, 3.05) is 18.4 Å². The topological polar surface area (TPSA) is 105 Å². The lowest BCUT2D eigenvalue weighted by atomic mass is 9.97. The number of aromatic nitrogens is 1. The third-order valence-corrected chi connectivity index (χ3v) is 7.73. The number of para-hydroxylation sites is 2. The summed E-state index contributed by atoms with van der Waals surface area (Å²) in [4.78, 5) is 19.9. The van der Waals surface area contributed by atoms with E-state index in [0.29, 0.717) is 35.8 Å². The number of sulfonamides is 1. The first-order chi connectivity index (χ1) is 17.0. The number of nitrogens with zero attached hydrogens (tertiary/aromatic N) is 3. The zero-order valence-electron chi connectivity index (χ0n) is 18.7. The first-order valence-corrected chi connectivity index (χ1v) is 12.9. The lowest BCUT2D eigenvalue weighted by Gasteiger charge is -2.31. The maximum absolute atomic E-state index is 13.2. The number of likely N-dealkylation sites (tertiary alicyclic amines) is 1. The van der Waals surface area contributed by atoms with Crippen LogP contribution >= 0.6 is 0 Å². The van der Waals surface area contributed by atoms with E-state index in [9.17, 15) is 13.2 Å². The molecule has 2 aliphatic rings. The van der Waals surface area contributed by atoms with Crippen molar-refractivity contribution in [2.45, 2.75) is 23.7 Å². The molecule has 4 aromatic rings. The minimum absolute atomic E-state index is 0.0523. The van der Waals surface area contributed by atoms with Crippen molar-refractivity contribution in [1.29, 1.82) is 0 Å². The Morgan fingerprint density at radius 1 is 1.00 bits per heavy atom. The summed E-state index contributed by atoms with van der Waals surface area (Å²) < 4.78 is 34.3. The van der Waals surface area contributed by atoms with Crippen LogP contribution in [0, 0.1) is 0 Å². The molecule has 1 saturated heterocycles. The number of fused-ring (bicyclic) bond motifs is 2. The SMILES string of the molecule is O=C(c1ccc(NC2=NS(=O)(=O)c3ccccc32)cc1)N1CCCC(c2nc3ccccc3o2)C1. The predicted molar refractivity (Wildman–Crippen MR) is 132 cm³/mol. The maximum atomic E-state index is 13.2. The number of piperidine rings is 1. The molecule has 1 N–H and O–H groups in total. The molecule has 3 heterocycles. The molecule has 3 aromatic carbocycles. The molecule has 9 heteroatoms. The minimum atomic E-state index is -3.70. The normalized spacial score (nSPS) is 18.8. The van der Waals surface area contributed by atoms with Gasteiger partial charge in [0.15, 0.2) is 17.3 Å². The predicted octanol–water partition coefficient (Wildman–Crippen LogP) is 4.41. The molecule has 0 bridgehead atoms. The van der Waals surface area contributed by atoms with Gasteiger partial charge < -0.3 is 14.6 Å². The highest BCUT2D eigenvalue weighted by molar-refractivity contribution is 7.90. The van der Waals surface area contributed by atoms with E-state index in [1.165, 1.54) is 6.07 Å². The molecular formula is C26H22N4O4S. The molecule has 0 radical (unpaired) electrons. The average Bonchev–Trinajstić information content (AvgIpc) is 3.43. The number of amidine groups is 1. The summed E-state index contributed by atoms with van der Waals surface area (Å²) in [7, 11) is -3.70. The molecule has 35 heavy (non-hydrogen) atoms. The van der Waals surface area contributed by atoms with E-state index < -0.39 is 10.0 Å². The van der Waals surface area contributed by atoms with Crippen LogP contribution in [0.1, 0.15) is 40.6 Å². The molecular weight excluding hydrogens is 464 g/mol. The molecule has 6 rings (SSSR count). The summed E-state index contributed by atoms with van der Waals surface area (Å²) in [5.74, 6) is 0.958. The number of carbonyl (C=O) groups is 1. The number of carbonyl (C=O) groups excluding carboxylic acids is 1. The van der Waals surface area contributed by atoms with E-state index >= 15 is 0 Å². The number of amides is 1. The molecule has 1 fully saturated rings. The fourth-order valence-corrected chi connectivity index (χ4v) is 5.82. The highest BCUT2D eigenvalue weighted by Crippen LogP contribution is 2.30. The van der Waals surface area contributed by atoms with Crippen LogP contribution in [0.2, 0.25) is 0 Å². The van der Waals surface area contributed by atoms with Crippen LogP contribution in [0.3, 0.4) is 0 Å². The van der Waals surface area contributed by atoms with E-state index in [1.54, 1.807) is 42.5 Å². The molecule has 8 nitrogen and oxygen atoms in total. The molecule has 1 unspecified atom stereocenters. The average molecular weight is 487 g/mol. The van der Waals surface area contributed by atoms with Gasteiger partial charge in [0.05, 0.1) is 5.92 Å². The Morgan fingerprint density at radius 3 is 2.60 bits per heavy atom. The van der Waals surface area contributed by atoms with Crippen LogP contribution in [0.15, 0.2) is 86.5 Å². The monoisotopic (exact) mass is 486 g/mol. The van der Waals surface area contributed by atoms with Gasteiger partial charge in [-0.2, -0.15) is 8.42 Å². The summed E-state index contributed by atoms with van der Waals surface area (Å²) in [6, 6.07) is 21.4. The van der Waals surface area contributed by atoms with Gasteiger partial charge >= 0.3 is 0 Å². The molecule has 0 saturated carbocycles. The van der Waals surface area contributed by atoms with Crippen molar-refractivity contribution in [3.05, 3.63) is 89.8 Å². The lowest BCUT2D eigenvalue weighted by molar-refractivity contribution is 0.0699. The second-order valence-electron chi connectivity index (χ2n) is 8.72. The van der Waals surface area contributed by atoms with Gasteiger partial charge in [-0.15, -0.1) is 4.40 Å². The fourth-order valence-electron chi connectivity index (χ4n) is 4.64. The second kappa shape index (κ2) is 8.35. The van der Waals surface area contributed by atoms with Gasteiger partial charge in [-0.3, -0.25) is 4.79 Å². The zero-order valence-corrected chi connectivity index (χ0v) is 19.5. The van der Waals surface area contributed by atoms with Crippen LogP contribution in [-0.4, -0.2) is 43.1 Å². The summed E-state index contributed by atoms with van der Waals surface area (Å²) in [6.45, 7) is 1.23. The fraction of sp³-hybridized carbons (Fsp3) is 0.192. The van der Waals surface area contributed by atoms with E-state index in [0.717, 1.165) is 23.9 Å². The number of nitrogens with one attached hydrogen (secondary N) is 1. The Bertz CT molecular complexity index is 1540. The number of anilines is 1. The quantitative estimate of drug-likeness (QED) is 0.460. The Balaban J connectivity index is 1.16. The summed E-state index contributed by atoms with van der Waals surface area (Å²) in [5, 5.41) is 3.06. The number of hydrogen-bond acceptors (Lipinski definition) is 6. The van der Waals surface area contributed by atoms with Gasteiger partial charge in [-0.05, 0) is 61.4 Å². The molecule has 2 aliphatic heterocycles. The first-order valence-electron chi connectivity index (χ1n) is 11.4. The van der Waals surface area contributed by atoms with Gasteiger partial charge in [0.1, 0.15) is 10.4 Å². The molecule has 0 spiro atoms. The van der Waals surface area contributed by atoms with Crippen LogP contribution < -0.4 is 5.32 Å². The van der Waals surface area contributed by atoms with Crippen LogP contribution in [0.5, 0.6) is 0 Å². The van der Waals surface area contributed by atoms with Crippen molar-refractivity contribution >= 4 is 38.6 Å². The zero-order chi connectivity index (χ0) is 24.0. The van der Waals surface area contributed by atoms with Gasteiger partial charge in [0.25, 0.3) is 15.9 Å². The Kier molecular flexibility index (Phi) is 5.14. The van der Waals surface area contributed by atoms with Crippen molar-refractivity contribution in [3.63, 3.8) is 0 Å². The summed E-state index contributed by atoms with van der Waals surface area (Å²) in [6.07, 6.45) is 1.80. The highest BCUT2D eigenvalue weighted by Gasteiger charge is 2.30. The standard InChI is InChI=1S/C26H22N4O4S/c31-26(30-15-5-6-18(16-30)25-28-21-8-2-3-9-22(21)34-25)17-11-13-19(14-12-17)27-24-20-7-1-4-10-23(20)35(32,33)29-24/h1-4,7-14,18H,5-6,15-16H2,(H,27,29). The first kappa shape index (κ1) is 21.5. The summed E-state index contributed by atoms with van der Waals surface area (Å²) >= 11 is 0. The molecule has 1 aromatic heterocycles. The second-order valence-corrected chi connectivity index (χ2v) is 10.3. The third kappa shape index (κ3) is 3.97. The number of oxazole rings is 1. The van der Waals surface area contributed by atoms with Crippen molar-refractivity contribution in [1.82, 2.24) is 9.88 Å². The van der Waals surface area contributed by atoms with Crippen molar-refractivity contribution < 1.29 is 17.6 Å². The lowest BCUT2D eigenvalue weighted by Crippen LogP contribution is -2.39. The van der Waals surface area contributed by atoms with E-state index in [2.05, 4.69) is 14.7 Å². The Hall–Kier alpha value is -3.98. The minimum Gasteiger partial charge on any atom is -0.440 e. The number of benzene rings is 3. The van der Waals surface area contributed by atoms with E-state index in [4.69, 9.17) is 4.42 Å². The Labute approximate surface area is 202 Å². The number of hydrogen-bond donors (Lipinski definition) is 1. The maximum Gasteiger partial charge on any atom is 0.285 e. The molecule has 1 amide bonds. The van der Waals surface area contributed by atoms with Gasteiger partial charge in [-0.25, -0.2) is 4.98 Å². The molecule has 0 aliphatic carbocycles. The van der Waals surface area contributed by atoms with Gasteiger partial charge in [0.2, 0.25) is 0 Å².